The number of benzene rings is 7. The second-order valence-electron chi connectivity index (χ2n) is 13.7. The van der Waals surface area contributed by atoms with Crippen LogP contribution in [0.2, 0.25) is 0 Å². The van der Waals surface area contributed by atoms with Gasteiger partial charge in [0.15, 0.2) is 11.5 Å². The summed E-state index contributed by atoms with van der Waals surface area (Å²) in [5.41, 5.74) is 10.6. The minimum absolute atomic E-state index is 0.572. The molecule has 0 atom stereocenters. The van der Waals surface area contributed by atoms with E-state index >= 15 is 0 Å². The molecule has 12 aromatic rings. The predicted octanol–water partition coefficient (Wildman–Crippen LogP) is 13.3. The maximum Gasteiger partial charge on any atom is 0.194 e. The summed E-state index contributed by atoms with van der Waals surface area (Å²) in [7, 11) is 0. The smallest absolute Gasteiger partial charge is 0.194 e. The van der Waals surface area contributed by atoms with Gasteiger partial charge in [-0.25, -0.2) is 9.83 Å². The summed E-state index contributed by atoms with van der Waals surface area (Å²) in [6, 6.07) is 52.0. The van der Waals surface area contributed by atoms with Crippen LogP contribution in [-0.4, -0.2) is 14.1 Å². The molecule has 0 fully saturated rings. The molecule has 0 saturated carbocycles. The third-order valence-corrected chi connectivity index (χ3v) is 11.0. The number of aromatic nitrogens is 3. The molecule has 0 aliphatic rings. The fraction of sp³-hybridized carbons (Fsp3) is 0. The summed E-state index contributed by atoms with van der Waals surface area (Å²) in [5.74, 6) is 0.737. The molecule has 0 aliphatic carbocycles. The Balaban J connectivity index is 1.29. The lowest BCUT2D eigenvalue weighted by atomic mass is 10.0. The van der Waals surface area contributed by atoms with E-state index in [2.05, 4.69) is 111 Å². The Morgan fingerprint density at radius 2 is 0.963 bits per heavy atom. The Morgan fingerprint density at radius 3 is 1.59 bits per heavy atom. The van der Waals surface area contributed by atoms with Crippen molar-refractivity contribution in [3.05, 3.63) is 169 Å². The summed E-state index contributed by atoms with van der Waals surface area (Å²) in [4.78, 5) is 9.26. The lowest BCUT2D eigenvalue weighted by Gasteiger charge is -2.20. The molecule has 250 valence electrons. The Hall–Kier alpha value is -7.62. The van der Waals surface area contributed by atoms with Crippen LogP contribution in [0.4, 0.5) is 5.69 Å². The van der Waals surface area contributed by atoms with Crippen LogP contribution in [0.15, 0.2) is 167 Å². The molecule has 5 aromatic heterocycles. The van der Waals surface area contributed by atoms with Gasteiger partial charge in [0.2, 0.25) is 0 Å². The number of fused-ring (bicyclic) bond motifs is 14. The van der Waals surface area contributed by atoms with Gasteiger partial charge < -0.3 is 13.4 Å². The third kappa shape index (κ3) is 3.74. The summed E-state index contributed by atoms with van der Waals surface area (Å²) in [6.07, 6.45) is 1.86. The number of furan rings is 2. The molecule has 0 unspecified atom stereocenters. The SMILES string of the molecule is [C-]#[N+]c1ccccc1-c1ccnc(-n2c3ccccc3c3c4oc5ccccc5c4ccc32)c1-n1c2ccccc2c2c3oc4ccccc4c3ccc21. The highest BCUT2D eigenvalue weighted by Crippen LogP contribution is 2.46. The molecule has 54 heavy (non-hydrogen) atoms. The van der Waals surface area contributed by atoms with E-state index in [4.69, 9.17) is 20.4 Å². The minimum atomic E-state index is 0.572. The van der Waals surface area contributed by atoms with E-state index < -0.39 is 0 Å². The van der Waals surface area contributed by atoms with E-state index in [0.29, 0.717) is 5.69 Å². The van der Waals surface area contributed by atoms with E-state index in [1.807, 2.05) is 60.8 Å². The van der Waals surface area contributed by atoms with Gasteiger partial charge in [-0.1, -0.05) is 97.1 Å². The van der Waals surface area contributed by atoms with Crippen LogP contribution in [-0.2, 0) is 0 Å². The van der Waals surface area contributed by atoms with Crippen LogP contribution in [0.25, 0.3) is 115 Å². The van der Waals surface area contributed by atoms with E-state index in [1.54, 1.807) is 0 Å². The molecule has 5 heterocycles. The molecule has 6 heteroatoms. The molecule has 0 aliphatic heterocycles. The van der Waals surface area contributed by atoms with Crippen molar-refractivity contribution in [3.8, 4) is 22.6 Å². The monoisotopic (exact) mass is 690 g/mol. The van der Waals surface area contributed by atoms with Crippen molar-refractivity contribution in [3.63, 3.8) is 0 Å². The highest BCUT2D eigenvalue weighted by atomic mass is 16.3. The van der Waals surface area contributed by atoms with Crippen LogP contribution < -0.4 is 0 Å². The van der Waals surface area contributed by atoms with E-state index in [0.717, 1.165) is 110 Å². The lowest BCUT2D eigenvalue weighted by molar-refractivity contribution is 0.672. The maximum absolute atomic E-state index is 8.19. The van der Waals surface area contributed by atoms with Crippen LogP contribution in [0.5, 0.6) is 0 Å². The first-order valence-corrected chi connectivity index (χ1v) is 17.9. The van der Waals surface area contributed by atoms with Gasteiger partial charge in [0.1, 0.15) is 22.3 Å². The van der Waals surface area contributed by atoms with Gasteiger partial charge in [0.05, 0.1) is 45.1 Å². The summed E-state index contributed by atoms with van der Waals surface area (Å²) in [6.45, 7) is 8.19. The van der Waals surface area contributed by atoms with Crippen molar-refractivity contribution in [2.75, 3.05) is 0 Å². The Kier molecular flexibility index (Phi) is 5.75. The molecule has 0 radical (unpaired) electrons. The second-order valence-corrected chi connectivity index (χ2v) is 13.7. The fourth-order valence-corrected chi connectivity index (χ4v) is 8.78. The maximum atomic E-state index is 8.19. The molecular formula is C48H26N4O2. The minimum Gasteiger partial charge on any atom is -0.455 e. The first kappa shape index (κ1) is 29.0. The third-order valence-electron chi connectivity index (χ3n) is 11.0. The average Bonchev–Trinajstić information content (AvgIpc) is 3.98. The molecular weight excluding hydrogens is 665 g/mol. The number of hydrogen-bond donors (Lipinski definition) is 0. The number of pyridine rings is 1. The van der Waals surface area contributed by atoms with Gasteiger partial charge in [-0.3, -0.25) is 4.57 Å². The van der Waals surface area contributed by atoms with Gasteiger partial charge in [0.25, 0.3) is 0 Å². The normalized spacial score (nSPS) is 12.1. The summed E-state index contributed by atoms with van der Waals surface area (Å²) < 4.78 is 17.9. The van der Waals surface area contributed by atoms with E-state index in [-0.39, 0.29) is 0 Å². The second kappa shape index (κ2) is 10.7. The molecule has 0 bridgehead atoms. The molecule has 0 amide bonds. The number of para-hydroxylation sites is 5. The largest absolute Gasteiger partial charge is 0.455 e. The van der Waals surface area contributed by atoms with E-state index in [9.17, 15) is 0 Å². The summed E-state index contributed by atoms with van der Waals surface area (Å²) >= 11 is 0. The zero-order valence-corrected chi connectivity index (χ0v) is 28.6. The Labute approximate surface area is 307 Å². The topological polar surface area (TPSA) is 53.4 Å². The van der Waals surface area contributed by atoms with Gasteiger partial charge >= 0.3 is 0 Å². The van der Waals surface area contributed by atoms with Crippen molar-refractivity contribution in [1.29, 1.82) is 0 Å². The highest BCUT2D eigenvalue weighted by Gasteiger charge is 2.27. The van der Waals surface area contributed by atoms with Crippen LogP contribution in [0.3, 0.4) is 0 Å². The summed E-state index contributed by atoms with van der Waals surface area (Å²) in [5, 5.41) is 8.53. The van der Waals surface area contributed by atoms with Gasteiger partial charge in [-0.15, -0.1) is 0 Å². The Morgan fingerprint density at radius 1 is 0.444 bits per heavy atom. The molecule has 0 spiro atoms. The highest BCUT2D eigenvalue weighted by molar-refractivity contribution is 6.25. The fourth-order valence-electron chi connectivity index (χ4n) is 8.78. The van der Waals surface area contributed by atoms with Crippen LogP contribution >= 0.6 is 0 Å². The lowest BCUT2D eigenvalue weighted by Crippen LogP contribution is -2.07. The van der Waals surface area contributed by atoms with Crippen molar-refractivity contribution in [2.24, 2.45) is 0 Å². The first-order valence-electron chi connectivity index (χ1n) is 17.9. The standard InChI is InChI=1S/C48H26N4O2/c1-49-36-17-7-2-12-28(36)31-26-27-50-48(52-38-19-9-4-16-35(38)44-40(52)25-23-33-30-14-6-11-21-42(30)54-47(33)44)45(31)51-37-18-8-3-15-34(37)43-39(51)24-22-32-29-13-5-10-20-41(29)53-46(32)43/h2-27H. The molecule has 12 rings (SSSR count). The quantitative estimate of drug-likeness (QED) is 0.173. The van der Waals surface area contributed by atoms with Gasteiger partial charge in [-0.05, 0) is 60.2 Å². The van der Waals surface area contributed by atoms with E-state index in [1.165, 1.54) is 0 Å². The van der Waals surface area contributed by atoms with Crippen molar-refractivity contribution in [2.45, 2.75) is 0 Å². The molecule has 7 aromatic carbocycles. The van der Waals surface area contributed by atoms with Crippen LogP contribution in [0.1, 0.15) is 0 Å². The van der Waals surface area contributed by atoms with Crippen LogP contribution in [0, 0.1) is 6.57 Å². The van der Waals surface area contributed by atoms with Crippen molar-refractivity contribution >= 4 is 93.2 Å². The van der Waals surface area contributed by atoms with Crippen molar-refractivity contribution in [1.82, 2.24) is 14.1 Å². The predicted molar refractivity (Wildman–Crippen MR) is 219 cm³/mol. The van der Waals surface area contributed by atoms with Gasteiger partial charge in [-0.2, -0.15) is 0 Å². The average molecular weight is 691 g/mol. The zero-order chi connectivity index (χ0) is 35.5. The van der Waals surface area contributed by atoms with Crippen molar-refractivity contribution < 1.29 is 8.83 Å². The molecule has 0 saturated heterocycles. The first-order chi connectivity index (χ1) is 26.8. The van der Waals surface area contributed by atoms with Gasteiger partial charge in [0, 0.05) is 44.1 Å². The number of hydrogen-bond acceptors (Lipinski definition) is 3. The number of nitrogens with zero attached hydrogens (tertiary/aromatic N) is 4. The molecule has 0 N–H and O–H groups in total. The number of rotatable bonds is 3. The molecule has 6 nitrogen and oxygen atoms in total. The zero-order valence-electron chi connectivity index (χ0n) is 28.6. The Bertz CT molecular complexity index is 3590.